The zero-order chi connectivity index (χ0) is 15.5. The lowest BCUT2D eigenvalue weighted by atomic mass is 10.1. The molecule has 0 bridgehead atoms. The fourth-order valence-electron chi connectivity index (χ4n) is 3.11. The average Bonchev–Trinajstić information content (AvgIpc) is 2.42. The van der Waals surface area contributed by atoms with Crippen molar-refractivity contribution in [3.05, 3.63) is 29.8 Å². The Morgan fingerprint density at radius 3 is 2.86 bits per heavy atom. The first kappa shape index (κ1) is 15.2. The number of urea groups is 1. The van der Waals surface area contributed by atoms with Gasteiger partial charge in [-0.2, -0.15) is 0 Å². The molecule has 0 aliphatic carbocycles. The predicted molar refractivity (Wildman–Crippen MR) is 86.2 cm³/mol. The van der Waals surface area contributed by atoms with Crippen LogP contribution >= 0.6 is 0 Å². The highest BCUT2D eigenvalue weighted by Crippen LogP contribution is 2.19. The Labute approximate surface area is 132 Å². The number of hydrogen-bond acceptors (Lipinski definition) is 3. The number of likely N-dealkylation sites (N-methyl/N-ethyl adjacent to an activating group) is 1. The lowest BCUT2D eigenvalue weighted by Gasteiger charge is -2.40. The summed E-state index contributed by atoms with van der Waals surface area (Å²) in [5, 5.41) is 3.13. The number of nitrogens with zero attached hydrogens (tertiary/aromatic N) is 2. The van der Waals surface area contributed by atoms with Crippen molar-refractivity contribution >= 4 is 6.03 Å². The lowest BCUT2D eigenvalue weighted by Crippen LogP contribution is -2.61. The Morgan fingerprint density at radius 2 is 2.14 bits per heavy atom. The first-order chi connectivity index (χ1) is 10.6. The van der Waals surface area contributed by atoms with Crippen molar-refractivity contribution in [2.75, 3.05) is 33.2 Å². The molecule has 1 atom stereocenters. The van der Waals surface area contributed by atoms with E-state index in [0.717, 1.165) is 31.7 Å². The highest BCUT2D eigenvalue weighted by molar-refractivity contribution is 5.75. The molecule has 1 N–H and O–H groups in total. The molecule has 2 heterocycles. The van der Waals surface area contributed by atoms with E-state index in [2.05, 4.69) is 30.3 Å². The number of carbonyl (C=O) groups excluding carboxylic acids is 1. The summed E-state index contributed by atoms with van der Waals surface area (Å²) in [6.07, 6.45) is 2.34. The molecule has 0 spiro atoms. The van der Waals surface area contributed by atoms with Crippen LogP contribution in [0.2, 0.25) is 0 Å². The molecule has 0 saturated carbocycles. The molecular formula is C17H25N3O2. The maximum Gasteiger partial charge on any atom is 0.317 e. The fraction of sp³-hybridized carbons (Fsp3) is 0.588. The molecule has 0 radical (unpaired) electrons. The predicted octanol–water partition coefficient (Wildman–Crippen LogP) is 1.86. The topological polar surface area (TPSA) is 44.8 Å². The van der Waals surface area contributed by atoms with Crippen LogP contribution in [-0.2, 0) is 0 Å². The van der Waals surface area contributed by atoms with Crippen molar-refractivity contribution < 1.29 is 9.53 Å². The summed E-state index contributed by atoms with van der Waals surface area (Å²) < 4.78 is 5.89. The molecule has 5 heteroatoms. The zero-order valence-electron chi connectivity index (χ0n) is 13.4. The van der Waals surface area contributed by atoms with Crippen LogP contribution in [0.1, 0.15) is 18.4 Å². The number of aryl methyl sites for hydroxylation is 1. The number of likely N-dealkylation sites (tertiary alicyclic amines) is 2. The van der Waals surface area contributed by atoms with Crippen LogP contribution in [0.4, 0.5) is 4.79 Å². The first-order valence-corrected chi connectivity index (χ1v) is 8.07. The van der Waals surface area contributed by atoms with Crippen LogP contribution in [0.3, 0.4) is 0 Å². The molecule has 2 amide bonds. The van der Waals surface area contributed by atoms with E-state index in [1.165, 1.54) is 5.56 Å². The second kappa shape index (κ2) is 6.57. The second-order valence-corrected chi connectivity index (χ2v) is 6.51. The minimum Gasteiger partial charge on any atom is -0.487 e. The number of amides is 2. The summed E-state index contributed by atoms with van der Waals surface area (Å²) >= 11 is 0. The van der Waals surface area contributed by atoms with E-state index in [0.29, 0.717) is 13.1 Å². The summed E-state index contributed by atoms with van der Waals surface area (Å²) in [5.41, 5.74) is 1.19. The van der Waals surface area contributed by atoms with Crippen LogP contribution in [0.15, 0.2) is 24.3 Å². The first-order valence-electron chi connectivity index (χ1n) is 8.07. The third kappa shape index (κ3) is 3.71. The summed E-state index contributed by atoms with van der Waals surface area (Å²) in [7, 11) is 2.10. The van der Waals surface area contributed by atoms with Gasteiger partial charge in [0.2, 0.25) is 0 Å². The Balaban J connectivity index is 1.42. The molecule has 1 aromatic carbocycles. The van der Waals surface area contributed by atoms with Crippen LogP contribution in [0, 0.1) is 6.92 Å². The maximum absolute atomic E-state index is 12.2. The summed E-state index contributed by atoms with van der Waals surface area (Å²) in [5.74, 6) is 0.888. The van der Waals surface area contributed by atoms with Crippen molar-refractivity contribution in [2.24, 2.45) is 0 Å². The van der Waals surface area contributed by atoms with Crippen LogP contribution in [-0.4, -0.2) is 61.2 Å². The molecule has 1 aromatic rings. The van der Waals surface area contributed by atoms with Gasteiger partial charge in [-0.1, -0.05) is 12.1 Å². The molecule has 3 rings (SSSR count). The summed E-state index contributed by atoms with van der Waals surface area (Å²) in [4.78, 5) is 16.3. The van der Waals surface area contributed by atoms with Crippen molar-refractivity contribution in [3.8, 4) is 5.75 Å². The van der Waals surface area contributed by atoms with Crippen LogP contribution in [0.5, 0.6) is 5.75 Å². The summed E-state index contributed by atoms with van der Waals surface area (Å²) in [6.45, 7) is 5.46. The quantitative estimate of drug-likeness (QED) is 0.927. The number of ether oxygens (including phenoxy) is 1. The smallest absolute Gasteiger partial charge is 0.317 e. The minimum atomic E-state index is 0.0457. The number of nitrogens with one attached hydrogen (secondary N) is 1. The maximum atomic E-state index is 12.2. The molecule has 0 unspecified atom stereocenters. The number of piperidine rings is 1. The molecule has 22 heavy (non-hydrogen) atoms. The largest absolute Gasteiger partial charge is 0.487 e. The molecule has 2 fully saturated rings. The monoisotopic (exact) mass is 303 g/mol. The summed E-state index contributed by atoms with van der Waals surface area (Å²) in [6, 6.07) is 8.36. The normalized spacial score (nSPS) is 23.0. The molecule has 2 saturated heterocycles. The van der Waals surface area contributed by atoms with Gasteiger partial charge < -0.3 is 19.9 Å². The average molecular weight is 303 g/mol. The second-order valence-electron chi connectivity index (χ2n) is 6.51. The van der Waals surface area contributed by atoms with Crippen molar-refractivity contribution in [1.29, 1.82) is 0 Å². The van der Waals surface area contributed by atoms with Crippen molar-refractivity contribution in [1.82, 2.24) is 15.1 Å². The van der Waals surface area contributed by atoms with E-state index in [9.17, 15) is 4.79 Å². The molecule has 0 aromatic heterocycles. The fourth-order valence-corrected chi connectivity index (χ4v) is 3.11. The highest BCUT2D eigenvalue weighted by atomic mass is 16.5. The van der Waals surface area contributed by atoms with Crippen molar-refractivity contribution in [3.63, 3.8) is 0 Å². The van der Waals surface area contributed by atoms with E-state index in [-0.39, 0.29) is 18.2 Å². The Bertz CT molecular complexity index is 528. The molecule has 5 nitrogen and oxygen atoms in total. The van der Waals surface area contributed by atoms with Crippen LogP contribution in [0.25, 0.3) is 0 Å². The van der Waals surface area contributed by atoms with Gasteiger partial charge in [0.1, 0.15) is 11.9 Å². The zero-order valence-corrected chi connectivity index (χ0v) is 13.4. The number of carbonyl (C=O) groups is 1. The van der Waals surface area contributed by atoms with Gasteiger partial charge in [0.15, 0.2) is 0 Å². The van der Waals surface area contributed by atoms with Crippen molar-refractivity contribution in [2.45, 2.75) is 31.9 Å². The highest BCUT2D eigenvalue weighted by Gasteiger charge is 2.33. The Hall–Kier alpha value is -1.75. The SMILES string of the molecule is Cc1cccc(OC2CN(C(=O)N[C@@H]3CCCN(C)C3)C2)c1. The Morgan fingerprint density at radius 1 is 1.32 bits per heavy atom. The molecule has 2 aliphatic heterocycles. The van der Waals surface area contributed by atoms with Crippen LogP contribution < -0.4 is 10.1 Å². The van der Waals surface area contributed by atoms with Gasteiger partial charge in [0, 0.05) is 12.6 Å². The van der Waals surface area contributed by atoms with Gasteiger partial charge in [-0.3, -0.25) is 0 Å². The minimum absolute atomic E-state index is 0.0457. The van der Waals surface area contributed by atoms with Gasteiger partial charge in [-0.15, -0.1) is 0 Å². The molecule has 120 valence electrons. The Kier molecular flexibility index (Phi) is 4.52. The van der Waals surface area contributed by atoms with E-state index in [1.54, 1.807) is 0 Å². The van der Waals surface area contributed by atoms with E-state index < -0.39 is 0 Å². The van der Waals surface area contributed by atoms with E-state index in [4.69, 9.17) is 4.74 Å². The molecular weight excluding hydrogens is 278 g/mol. The van der Waals surface area contributed by atoms with E-state index >= 15 is 0 Å². The number of rotatable bonds is 3. The standard InChI is InChI=1S/C17H25N3O2/c1-13-5-3-7-15(9-13)22-16-11-20(12-16)17(21)18-14-6-4-8-19(2)10-14/h3,5,7,9,14,16H,4,6,8,10-12H2,1-2H3,(H,18,21)/t14-/m1/s1. The van der Waals surface area contributed by atoms with Gasteiger partial charge in [-0.05, 0) is 51.1 Å². The number of hydrogen-bond donors (Lipinski definition) is 1. The molecule has 2 aliphatic rings. The lowest BCUT2D eigenvalue weighted by molar-refractivity contribution is 0.0423. The third-order valence-electron chi connectivity index (χ3n) is 4.38. The van der Waals surface area contributed by atoms with Gasteiger partial charge >= 0.3 is 6.03 Å². The van der Waals surface area contributed by atoms with Gasteiger partial charge in [0.05, 0.1) is 13.1 Å². The van der Waals surface area contributed by atoms with Gasteiger partial charge in [0.25, 0.3) is 0 Å². The number of benzene rings is 1. The third-order valence-corrected chi connectivity index (χ3v) is 4.38. The van der Waals surface area contributed by atoms with E-state index in [1.807, 2.05) is 23.1 Å². The van der Waals surface area contributed by atoms with Gasteiger partial charge in [-0.25, -0.2) is 4.79 Å².